The van der Waals surface area contributed by atoms with Crippen LogP contribution in [0.5, 0.6) is 0 Å². The monoisotopic (exact) mass is 240 g/mol. The standard InChI is InChI=1S/C14H17BN2O/c1-17-6-2-3-13(17)14(18)11-8-16-12-5-4-9(15)7-10(11)12/h4-5,7-8,13,16H,2-3,6,15H2,1H3/t13-/m1/s1. The Bertz CT molecular complexity index is 605. The summed E-state index contributed by atoms with van der Waals surface area (Å²) in [5, 5.41) is 1.06. The van der Waals surface area contributed by atoms with Gasteiger partial charge in [-0.1, -0.05) is 17.6 Å². The quantitative estimate of drug-likeness (QED) is 0.619. The summed E-state index contributed by atoms with van der Waals surface area (Å²) < 4.78 is 0. The number of rotatable bonds is 2. The second-order valence-corrected chi connectivity index (χ2v) is 5.25. The second kappa shape index (κ2) is 4.28. The first-order valence-corrected chi connectivity index (χ1v) is 6.49. The summed E-state index contributed by atoms with van der Waals surface area (Å²) in [5.74, 6) is 0.256. The highest BCUT2D eigenvalue weighted by Crippen LogP contribution is 2.24. The molecule has 1 N–H and O–H groups in total. The fourth-order valence-electron chi connectivity index (χ4n) is 2.86. The van der Waals surface area contributed by atoms with E-state index in [4.69, 9.17) is 0 Å². The maximum atomic E-state index is 12.6. The van der Waals surface area contributed by atoms with E-state index in [-0.39, 0.29) is 11.8 Å². The average Bonchev–Trinajstić information content (AvgIpc) is 2.94. The highest BCUT2D eigenvalue weighted by atomic mass is 16.1. The minimum atomic E-state index is 0.0597. The zero-order chi connectivity index (χ0) is 12.7. The third-order valence-corrected chi connectivity index (χ3v) is 3.93. The highest BCUT2D eigenvalue weighted by molar-refractivity contribution is 6.33. The molecule has 18 heavy (non-hydrogen) atoms. The van der Waals surface area contributed by atoms with E-state index in [0.29, 0.717) is 0 Å². The number of carbonyl (C=O) groups excluding carboxylic acids is 1. The lowest BCUT2D eigenvalue weighted by Gasteiger charge is -2.17. The summed E-state index contributed by atoms with van der Waals surface area (Å²) >= 11 is 0. The molecule has 2 aromatic rings. The van der Waals surface area contributed by atoms with Crippen LogP contribution in [0.3, 0.4) is 0 Å². The predicted molar refractivity (Wildman–Crippen MR) is 76.5 cm³/mol. The molecule has 0 unspecified atom stereocenters. The number of likely N-dealkylation sites (tertiary alicyclic amines) is 1. The zero-order valence-corrected chi connectivity index (χ0v) is 10.9. The first kappa shape index (κ1) is 11.5. The molecule has 1 saturated heterocycles. The van der Waals surface area contributed by atoms with E-state index in [1.54, 1.807) is 0 Å². The van der Waals surface area contributed by atoms with Crippen molar-refractivity contribution in [2.75, 3.05) is 13.6 Å². The van der Waals surface area contributed by atoms with Crippen LogP contribution in [0.15, 0.2) is 24.4 Å². The number of aromatic nitrogens is 1. The van der Waals surface area contributed by atoms with Gasteiger partial charge in [-0.05, 0) is 32.5 Å². The summed E-state index contributed by atoms with van der Waals surface area (Å²) in [6.45, 7) is 1.03. The van der Waals surface area contributed by atoms with Crippen LogP contribution in [0.25, 0.3) is 10.9 Å². The maximum Gasteiger partial charge on any atom is 0.182 e. The number of aromatic amines is 1. The lowest BCUT2D eigenvalue weighted by Crippen LogP contribution is -2.32. The Balaban J connectivity index is 2.03. The molecule has 0 bridgehead atoms. The molecule has 0 aliphatic carbocycles. The molecule has 1 aromatic carbocycles. The number of carbonyl (C=O) groups is 1. The number of nitrogens with zero attached hydrogens (tertiary/aromatic N) is 1. The van der Waals surface area contributed by atoms with Gasteiger partial charge in [0.2, 0.25) is 0 Å². The third kappa shape index (κ3) is 1.77. The Labute approximate surface area is 108 Å². The van der Waals surface area contributed by atoms with Crippen LogP contribution in [0, 0.1) is 0 Å². The van der Waals surface area contributed by atoms with E-state index >= 15 is 0 Å². The smallest absolute Gasteiger partial charge is 0.182 e. The van der Waals surface area contributed by atoms with Gasteiger partial charge in [0.05, 0.1) is 6.04 Å². The first-order chi connectivity index (χ1) is 8.66. The molecule has 1 aliphatic rings. The molecule has 0 spiro atoms. The zero-order valence-electron chi connectivity index (χ0n) is 10.9. The molecule has 92 valence electrons. The fourth-order valence-corrected chi connectivity index (χ4v) is 2.86. The average molecular weight is 240 g/mol. The summed E-state index contributed by atoms with van der Waals surface area (Å²) in [7, 11) is 4.10. The lowest BCUT2D eigenvalue weighted by molar-refractivity contribution is 0.0892. The van der Waals surface area contributed by atoms with Crippen LogP contribution in [0.2, 0.25) is 0 Å². The molecule has 3 rings (SSSR count). The second-order valence-electron chi connectivity index (χ2n) is 5.25. The maximum absolute atomic E-state index is 12.6. The molecule has 3 nitrogen and oxygen atoms in total. The van der Waals surface area contributed by atoms with Gasteiger partial charge < -0.3 is 4.98 Å². The summed E-state index contributed by atoms with van der Waals surface area (Å²) in [4.78, 5) is 17.9. The SMILES string of the molecule is Bc1ccc2[nH]cc(C(=O)[C@H]3CCCN3C)c2c1. The van der Waals surface area contributed by atoms with E-state index in [1.807, 2.05) is 19.3 Å². The van der Waals surface area contributed by atoms with Crippen LogP contribution in [0.4, 0.5) is 0 Å². The van der Waals surface area contributed by atoms with Crippen molar-refractivity contribution in [2.24, 2.45) is 0 Å². The molecule has 0 radical (unpaired) electrons. The van der Waals surface area contributed by atoms with Gasteiger partial charge >= 0.3 is 0 Å². The van der Waals surface area contributed by atoms with Crippen molar-refractivity contribution in [3.63, 3.8) is 0 Å². The fraction of sp³-hybridized carbons (Fsp3) is 0.357. The van der Waals surface area contributed by atoms with Gasteiger partial charge in [0.1, 0.15) is 7.85 Å². The normalized spacial score (nSPS) is 20.6. The van der Waals surface area contributed by atoms with Crippen LogP contribution in [-0.4, -0.2) is 43.1 Å². The molecular formula is C14H17BN2O. The van der Waals surface area contributed by atoms with Crippen LogP contribution in [-0.2, 0) is 0 Å². The third-order valence-electron chi connectivity index (χ3n) is 3.93. The van der Waals surface area contributed by atoms with E-state index in [0.717, 1.165) is 35.9 Å². The number of H-pyrrole nitrogens is 1. The highest BCUT2D eigenvalue weighted by Gasteiger charge is 2.29. The Morgan fingerprint density at radius 2 is 2.33 bits per heavy atom. The number of hydrogen-bond acceptors (Lipinski definition) is 2. The van der Waals surface area contributed by atoms with Crippen molar-refractivity contribution >= 4 is 30.0 Å². The van der Waals surface area contributed by atoms with Gasteiger partial charge in [0.25, 0.3) is 0 Å². The molecular weight excluding hydrogens is 223 g/mol. The first-order valence-electron chi connectivity index (χ1n) is 6.49. The minimum absolute atomic E-state index is 0.0597. The lowest BCUT2D eigenvalue weighted by atomic mass is 9.93. The Morgan fingerprint density at radius 3 is 3.06 bits per heavy atom. The molecule has 0 amide bonds. The van der Waals surface area contributed by atoms with Crippen molar-refractivity contribution in [2.45, 2.75) is 18.9 Å². The molecule has 1 atom stereocenters. The van der Waals surface area contributed by atoms with E-state index in [1.165, 1.54) is 5.46 Å². The van der Waals surface area contributed by atoms with Crippen molar-refractivity contribution in [1.82, 2.24) is 9.88 Å². The Hall–Kier alpha value is -1.55. The van der Waals surface area contributed by atoms with Gasteiger partial charge in [0.15, 0.2) is 5.78 Å². The van der Waals surface area contributed by atoms with Gasteiger partial charge in [-0.25, -0.2) is 0 Å². The Morgan fingerprint density at radius 1 is 1.50 bits per heavy atom. The number of ketones is 1. The number of likely N-dealkylation sites (N-methyl/N-ethyl adjacent to an activating group) is 1. The molecule has 1 aliphatic heterocycles. The molecule has 1 fully saturated rings. The number of benzene rings is 1. The predicted octanol–water partition coefficient (Wildman–Crippen LogP) is 0.703. The van der Waals surface area contributed by atoms with E-state index in [9.17, 15) is 4.79 Å². The molecule has 1 aromatic heterocycles. The van der Waals surface area contributed by atoms with Crippen molar-refractivity contribution in [3.8, 4) is 0 Å². The van der Waals surface area contributed by atoms with Crippen molar-refractivity contribution < 1.29 is 4.79 Å². The number of Topliss-reactive ketones (excluding diaryl/α,β-unsaturated/α-hetero) is 1. The van der Waals surface area contributed by atoms with Gasteiger partial charge in [-0.15, -0.1) is 0 Å². The van der Waals surface area contributed by atoms with Crippen molar-refractivity contribution in [3.05, 3.63) is 30.0 Å². The van der Waals surface area contributed by atoms with Crippen LogP contribution in [0.1, 0.15) is 23.2 Å². The number of fused-ring (bicyclic) bond motifs is 1. The van der Waals surface area contributed by atoms with Crippen LogP contribution < -0.4 is 5.46 Å². The van der Waals surface area contributed by atoms with Crippen molar-refractivity contribution in [1.29, 1.82) is 0 Å². The van der Waals surface area contributed by atoms with Crippen LogP contribution >= 0.6 is 0 Å². The van der Waals surface area contributed by atoms with Gasteiger partial charge in [0, 0.05) is 22.7 Å². The van der Waals surface area contributed by atoms with Gasteiger partial charge in [-0.2, -0.15) is 0 Å². The minimum Gasteiger partial charge on any atom is -0.360 e. The molecule has 2 heterocycles. The summed E-state index contributed by atoms with van der Waals surface area (Å²) in [6, 6.07) is 6.26. The molecule has 4 heteroatoms. The number of hydrogen-bond donors (Lipinski definition) is 1. The summed E-state index contributed by atoms with van der Waals surface area (Å²) in [6.07, 6.45) is 3.96. The topological polar surface area (TPSA) is 36.1 Å². The van der Waals surface area contributed by atoms with Gasteiger partial charge in [-0.3, -0.25) is 9.69 Å². The number of nitrogens with one attached hydrogen (secondary N) is 1. The van der Waals surface area contributed by atoms with E-state index in [2.05, 4.69) is 29.9 Å². The molecule has 0 saturated carbocycles. The summed E-state index contributed by atoms with van der Waals surface area (Å²) in [5.41, 5.74) is 3.08. The van der Waals surface area contributed by atoms with E-state index < -0.39 is 0 Å². The Kier molecular flexibility index (Phi) is 2.75. The largest absolute Gasteiger partial charge is 0.360 e.